The lowest BCUT2D eigenvalue weighted by Crippen LogP contribution is -2.43. The molecule has 1 saturated carbocycles. The molecule has 2 unspecified atom stereocenters. The van der Waals surface area contributed by atoms with Crippen LogP contribution >= 0.6 is 0 Å². The zero-order valence-corrected chi connectivity index (χ0v) is 10.5. The number of hydrogen-bond donors (Lipinski definition) is 1. The quantitative estimate of drug-likeness (QED) is 0.785. The van der Waals surface area contributed by atoms with E-state index in [0.29, 0.717) is 6.04 Å². The van der Waals surface area contributed by atoms with Crippen molar-refractivity contribution in [3.05, 3.63) is 0 Å². The van der Waals surface area contributed by atoms with Gasteiger partial charge in [0.1, 0.15) is 0 Å². The molecule has 3 heteroatoms. The Bertz CT molecular complexity index is 222. The van der Waals surface area contributed by atoms with Crippen LogP contribution in [0.4, 0.5) is 0 Å². The van der Waals surface area contributed by atoms with E-state index in [1.807, 2.05) is 0 Å². The molecule has 1 saturated heterocycles. The maximum absolute atomic E-state index is 11.2. The normalized spacial score (nSPS) is 42.7. The summed E-state index contributed by atoms with van der Waals surface area (Å²) in [4.78, 5) is 0. The maximum Gasteiger partial charge on any atom is 0.0249 e. The molecule has 2 fully saturated rings. The average Bonchev–Trinajstić information content (AvgIpc) is 2.22. The maximum atomic E-state index is 11.2. The van der Waals surface area contributed by atoms with Gasteiger partial charge in [0.15, 0.2) is 0 Å². The van der Waals surface area contributed by atoms with Crippen LogP contribution in [0.2, 0.25) is 0 Å². The van der Waals surface area contributed by atoms with Gasteiger partial charge >= 0.3 is 0 Å². The molecule has 0 spiro atoms. The Morgan fingerprint density at radius 1 is 1.07 bits per heavy atom. The second kappa shape index (κ2) is 5.44. The summed E-state index contributed by atoms with van der Waals surface area (Å²) < 4.78 is 11.2. The van der Waals surface area contributed by atoms with Crippen molar-refractivity contribution in [2.24, 2.45) is 5.92 Å². The molecular weight excluding hydrogens is 206 g/mol. The van der Waals surface area contributed by atoms with Gasteiger partial charge in [-0.15, -0.1) is 0 Å². The van der Waals surface area contributed by atoms with Gasteiger partial charge in [0.25, 0.3) is 0 Å². The average molecular weight is 229 g/mol. The molecular formula is C12H23NOS. The smallest absolute Gasteiger partial charge is 0.0249 e. The van der Waals surface area contributed by atoms with Crippen LogP contribution in [0, 0.1) is 5.92 Å². The summed E-state index contributed by atoms with van der Waals surface area (Å²) in [7, 11) is -0.514. The molecule has 2 atom stereocenters. The van der Waals surface area contributed by atoms with Crippen molar-refractivity contribution in [1.82, 2.24) is 5.32 Å². The first-order valence-electron chi connectivity index (χ1n) is 6.35. The fourth-order valence-electron chi connectivity index (χ4n) is 2.88. The minimum absolute atomic E-state index is 0.514. The first-order valence-corrected chi connectivity index (χ1v) is 7.84. The third kappa shape index (κ3) is 3.56. The molecule has 1 heterocycles. The molecule has 15 heavy (non-hydrogen) atoms. The van der Waals surface area contributed by atoms with Gasteiger partial charge in [-0.25, -0.2) is 0 Å². The van der Waals surface area contributed by atoms with Gasteiger partial charge in [-0.3, -0.25) is 4.21 Å². The lowest BCUT2D eigenvalue weighted by atomic mass is 9.86. The predicted molar refractivity (Wildman–Crippen MR) is 65.5 cm³/mol. The Labute approximate surface area is 95.7 Å². The van der Waals surface area contributed by atoms with Crippen LogP contribution in [-0.4, -0.2) is 27.8 Å². The highest BCUT2D eigenvalue weighted by Crippen LogP contribution is 2.24. The zero-order valence-electron chi connectivity index (χ0n) is 9.71. The SMILES string of the molecule is CC1CCCC(NC2CCS(=O)CC2)C1. The van der Waals surface area contributed by atoms with Crippen LogP contribution < -0.4 is 5.32 Å². The molecule has 88 valence electrons. The van der Waals surface area contributed by atoms with Crippen molar-refractivity contribution in [3.63, 3.8) is 0 Å². The van der Waals surface area contributed by atoms with Gasteiger partial charge in [-0.05, 0) is 31.6 Å². The predicted octanol–water partition coefficient (Wildman–Crippen LogP) is 2.07. The van der Waals surface area contributed by atoms with Gasteiger partial charge in [-0.2, -0.15) is 0 Å². The first-order chi connectivity index (χ1) is 7.24. The standard InChI is InChI=1S/C12H23NOS/c1-10-3-2-4-12(9-10)13-11-5-7-15(14)8-6-11/h10-13H,2-9H2,1H3. The summed E-state index contributed by atoms with van der Waals surface area (Å²) in [6.07, 6.45) is 7.74. The summed E-state index contributed by atoms with van der Waals surface area (Å²) in [5, 5.41) is 3.77. The van der Waals surface area contributed by atoms with Crippen LogP contribution in [0.15, 0.2) is 0 Å². The largest absolute Gasteiger partial charge is 0.311 e. The van der Waals surface area contributed by atoms with Gasteiger partial charge in [0.05, 0.1) is 0 Å². The minimum atomic E-state index is -0.514. The Kier molecular flexibility index (Phi) is 4.21. The zero-order chi connectivity index (χ0) is 10.7. The highest BCUT2D eigenvalue weighted by molar-refractivity contribution is 7.85. The van der Waals surface area contributed by atoms with Crippen LogP contribution in [0.1, 0.15) is 45.4 Å². The van der Waals surface area contributed by atoms with E-state index in [1.54, 1.807) is 0 Å². The topological polar surface area (TPSA) is 29.1 Å². The molecule has 2 nitrogen and oxygen atoms in total. The number of hydrogen-bond acceptors (Lipinski definition) is 2. The van der Waals surface area contributed by atoms with Crippen molar-refractivity contribution in [1.29, 1.82) is 0 Å². The highest BCUT2D eigenvalue weighted by Gasteiger charge is 2.23. The Balaban J connectivity index is 1.74. The third-order valence-corrected chi connectivity index (χ3v) is 5.18. The lowest BCUT2D eigenvalue weighted by Gasteiger charge is -2.32. The third-order valence-electron chi connectivity index (χ3n) is 3.80. The van der Waals surface area contributed by atoms with Gasteiger partial charge < -0.3 is 5.32 Å². The molecule has 0 aromatic rings. The summed E-state index contributed by atoms with van der Waals surface area (Å²) in [5.41, 5.74) is 0. The lowest BCUT2D eigenvalue weighted by molar-refractivity contribution is 0.274. The molecule has 0 aromatic heterocycles. The Morgan fingerprint density at radius 3 is 2.47 bits per heavy atom. The summed E-state index contributed by atoms with van der Waals surface area (Å²) in [5.74, 6) is 2.73. The molecule has 0 bridgehead atoms. The van der Waals surface area contributed by atoms with E-state index in [-0.39, 0.29) is 0 Å². The monoisotopic (exact) mass is 229 g/mol. The highest BCUT2D eigenvalue weighted by atomic mass is 32.2. The summed E-state index contributed by atoms with van der Waals surface area (Å²) >= 11 is 0. The van der Waals surface area contributed by atoms with E-state index in [4.69, 9.17) is 0 Å². The number of nitrogens with one attached hydrogen (secondary N) is 1. The van der Waals surface area contributed by atoms with Gasteiger partial charge in [-0.1, -0.05) is 19.8 Å². The molecule has 2 rings (SSSR count). The van der Waals surface area contributed by atoms with E-state index >= 15 is 0 Å². The molecule has 0 amide bonds. The van der Waals surface area contributed by atoms with E-state index in [0.717, 1.165) is 36.3 Å². The van der Waals surface area contributed by atoms with E-state index in [1.165, 1.54) is 25.7 Å². The Morgan fingerprint density at radius 2 is 1.80 bits per heavy atom. The van der Waals surface area contributed by atoms with Crippen LogP contribution in [0.25, 0.3) is 0 Å². The number of rotatable bonds is 2. The molecule has 1 N–H and O–H groups in total. The first kappa shape index (κ1) is 11.6. The van der Waals surface area contributed by atoms with Crippen LogP contribution in [0.5, 0.6) is 0 Å². The van der Waals surface area contributed by atoms with Crippen molar-refractivity contribution < 1.29 is 4.21 Å². The second-order valence-corrected chi connectivity index (χ2v) is 6.95. The van der Waals surface area contributed by atoms with Crippen LogP contribution in [-0.2, 0) is 10.8 Å². The fourth-order valence-corrected chi connectivity index (χ4v) is 4.18. The second-order valence-electron chi connectivity index (χ2n) is 5.26. The van der Waals surface area contributed by atoms with Gasteiger partial charge in [0.2, 0.25) is 0 Å². The van der Waals surface area contributed by atoms with Crippen LogP contribution in [0.3, 0.4) is 0 Å². The Hall–Kier alpha value is 0.110. The molecule has 0 aromatic carbocycles. The van der Waals surface area contributed by atoms with E-state index in [9.17, 15) is 4.21 Å². The summed E-state index contributed by atoms with van der Waals surface area (Å²) in [6.45, 7) is 2.36. The minimum Gasteiger partial charge on any atom is -0.311 e. The fraction of sp³-hybridized carbons (Fsp3) is 1.00. The van der Waals surface area contributed by atoms with Gasteiger partial charge in [0, 0.05) is 34.4 Å². The van der Waals surface area contributed by atoms with Crippen molar-refractivity contribution in [3.8, 4) is 0 Å². The molecule has 1 aliphatic carbocycles. The summed E-state index contributed by atoms with van der Waals surface area (Å²) in [6, 6.07) is 1.39. The molecule has 0 radical (unpaired) electrons. The van der Waals surface area contributed by atoms with E-state index in [2.05, 4.69) is 12.2 Å². The van der Waals surface area contributed by atoms with Crippen molar-refractivity contribution in [2.45, 2.75) is 57.5 Å². The van der Waals surface area contributed by atoms with E-state index < -0.39 is 10.8 Å². The van der Waals surface area contributed by atoms with Crippen molar-refractivity contribution in [2.75, 3.05) is 11.5 Å². The molecule has 2 aliphatic rings. The van der Waals surface area contributed by atoms with Crippen molar-refractivity contribution >= 4 is 10.8 Å². The molecule has 1 aliphatic heterocycles.